The molecule has 0 saturated heterocycles. The van der Waals surface area contributed by atoms with E-state index in [1.807, 2.05) is 35.7 Å². The number of carbonyl (C=O) groups is 1. The first-order chi connectivity index (χ1) is 12.6. The second-order valence-electron chi connectivity index (χ2n) is 5.92. The number of nitrogens with zero attached hydrogens (tertiary/aromatic N) is 2. The van der Waals surface area contributed by atoms with E-state index < -0.39 is 5.97 Å². The standard InChI is InChI=1S/C19H20N2O4S/c1-25-11-9-15-20-18-17(19(24)21(15)10-5-8-16(22)23)14(12-26-18)13-6-3-2-4-7-13/h2-4,6-7,12H,5,8-11H2,1H3,(H,22,23). The van der Waals surface area contributed by atoms with Gasteiger partial charge in [-0.1, -0.05) is 30.3 Å². The van der Waals surface area contributed by atoms with Crippen molar-refractivity contribution in [2.75, 3.05) is 13.7 Å². The predicted octanol–water partition coefficient (Wildman–Crippen LogP) is 3.18. The SMILES string of the molecule is COCCc1nc2scc(-c3ccccc3)c2c(=O)n1CCCC(=O)O. The Labute approximate surface area is 154 Å². The van der Waals surface area contributed by atoms with Crippen LogP contribution < -0.4 is 5.56 Å². The van der Waals surface area contributed by atoms with Gasteiger partial charge in [0.1, 0.15) is 10.7 Å². The van der Waals surface area contributed by atoms with Crippen LogP contribution in [0.25, 0.3) is 21.3 Å². The number of fused-ring (bicyclic) bond motifs is 1. The molecule has 3 rings (SSSR count). The third-order valence-electron chi connectivity index (χ3n) is 4.16. The number of aromatic nitrogens is 2. The molecular formula is C19H20N2O4S. The van der Waals surface area contributed by atoms with Crippen LogP contribution in [0.1, 0.15) is 18.7 Å². The molecule has 6 nitrogen and oxygen atoms in total. The molecule has 26 heavy (non-hydrogen) atoms. The number of hydrogen-bond donors (Lipinski definition) is 1. The summed E-state index contributed by atoms with van der Waals surface area (Å²) in [6.07, 6.45) is 0.907. The molecular weight excluding hydrogens is 352 g/mol. The molecule has 2 aromatic heterocycles. The highest BCUT2D eigenvalue weighted by atomic mass is 32.1. The number of rotatable bonds is 8. The Balaban J connectivity index is 2.09. The molecule has 3 aromatic rings. The van der Waals surface area contributed by atoms with E-state index in [1.54, 1.807) is 11.7 Å². The fourth-order valence-corrected chi connectivity index (χ4v) is 3.86. The Kier molecular flexibility index (Phi) is 5.80. The van der Waals surface area contributed by atoms with Gasteiger partial charge in [0.05, 0.1) is 12.0 Å². The zero-order valence-electron chi connectivity index (χ0n) is 14.5. The van der Waals surface area contributed by atoms with Gasteiger partial charge in [-0.25, -0.2) is 4.98 Å². The first-order valence-electron chi connectivity index (χ1n) is 8.39. The Hall–Kier alpha value is -2.51. The van der Waals surface area contributed by atoms with Crippen molar-refractivity contribution >= 4 is 27.5 Å². The van der Waals surface area contributed by atoms with Crippen molar-refractivity contribution in [1.82, 2.24) is 9.55 Å². The lowest BCUT2D eigenvalue weighted by Crippen LogP contribution is -2.26. The van der Waals surface area contributed by atoms with E-state index >= 15 is 0 Å². The Bertz CT molecular complexity index is 963. The smallest absolute Gasteiger partial charge is 0.303 e. The van der Waals surface area contributed by atoms with E-state index in [-0.39, 0.29) is 12.0 Å². The molecule has 0 unspecified atom stereocenters. The average Bonchev–Trinajstić information content (AvgIpc) is 3.06. The molecule has 0 aliphatic heterocycles. The van der Waals surface area contributed by atoms with Crippen molar-refractivity contribution in [2.24, 2.45) is 0 Å². The monoisotopic (exact) mass is 372 g/mol. The summed E-state index contributed by atoms with van der Waals surface area (Å²) in [6, 6.07) is 9.74. The summed E-state index contributed by atoms with van der Waals surface area (Å²) in [5.74, 6) is -0.234. The van der Waals surface area contributed by atoms with E-state index in [4.69, 9.17) is 9.84 Å². The highest BCUT2D eigenvalue weighted by Gasteiger charge is 2.17. The van der Waals surface area contributed by atoms with Crippen LogP contribution in [0.4, 0.5) is 0 Å². The largest absolute Gasteiger partial charge is 0.481 e. The summed E-state index contributed by atoms with van der Waals surface area (Å²) in [7, 11) is 1.60. The first-order valence-corrected chi connectivity index (χ1v) is 9.27. The van der Waals surface area contributed by atoms with Crippen LogP contribution in [0.2, 0.25) is 0 Å². The summed E-state index contributed by atoms with van der Waals surface area (Å²) < 4.78 is 6.72. The highest BCUT2D eigenvalue weighted by molar-refractivity contribution is 7.17. The van der Waals surface area contributed by atoms with Crippen molar-refractivity contribution in [3.05, 3.63) is 51.9 Å². The van der Waals surface area contributed by atoms with E-state index in [9.17, 15) is 9.59 Å². The molecule has 0 fully saturated rings. The zero-order chi connectivity index (χ0) is 18.5. The third-order valence-corrected chi connectivity index (χ3v) is 5.03. The maximum Gasteiger partial charge on any atom is 0.303 e. The van der Waals surface area contributed by atoms with Crippen molar-refractivity contribution in [1.29, 1.82) is 0 Å². The fraction of sp³-hybridized carbons (Fsp3) is 0.316. The maximum absolute atomic E-state index is 13.2. The number of hydrogen-bond acceptors (Lipinski definition) is 5. The minimum absolute atomic E-state index is 0.0172. The topological polar surface area (TPSA) is 81.4 Å². The molecule has 0 aliphatic rings. The molecule has 7 heteroatoms. The molecule has 2 heterocycles. The summed E-state index contributed by atoms with van der Waals surface area (Å²) in [6.45, 7) is 0.783. The van der Waals surface area contributed by atoms with E-state index in [0.29, 0.717) is 42.0 Å². The quantitative estimate of drug-likeness (QED) is 0.657. The molecule has 0 saturated carbocycles. The van der Waals surface area contributed by atoms with Crippen LogP contribution >= 0.6 is 11.3 Å². The lowest BCUT2D eigenvalue weighted by molar-refractivity contribution is -0.137. The van der Waals surface area contributed by atoms with Gasteiger partial charge in [-0.05, 0) is 12.0 Å². The number of aliphatic carboxylic acids is 1. The second-order valence-corrected chi connectivity index (χ2v) is 6.78. The van der Waals surface area contributed by atoms with Crippen molar-refractivity contribution < 1.29 is 14.6 Å². The Morgan fingerprint density at radius 1 is 1.31 bits per heavy atom. The van der Waals surface area contributed by atoms with Gasteiger partial charge in [0.15, 0.2) is 0 Å². The predicted molar refractivity (Wildman–Crippen MR) is 102 cm³/mol. The first kappa shape index (κ1) is 18.3. The molecule has 136 valence electrons. The van der Waals surface area contributed by atoms with Crippen LogP contribution in [0.15, 0.2) is 40.5 Å². The van der Waals surface area contributed by atoms with Crippen molar-refractivity contribution in [3.8, 4) is 11.1 Å². The van der Waals surface area contributed by atoms with Crippen LogP contribution in [0, 0.1) is 0 Å². The van der Waals surface area contributed by atoms with E-state index in [1.165, 1.54) is 11.3 Å². The van der Waals surface area contributed by atoms with Crippen LogP contribution in [0.5, 0.6) is 0 Å². The number of benzene rings is 1. The molecule has 0 amide bonds. The number of carboxylic acid groups (broad SMARTS) is 1. The third kappa shape index (κ3) is 3.84. The number of methoxy groups -OCH3 is 1. The lowest BCUT2D eigenvalue weighted by Gasteiger charge is -2.12. The fourth-order valence-electron chi connectivity index (χ4n) is 2.90. The van der Waals surface area contributed by atoms with Crippen molar-refractivity contribution in [3.63, 3.8) is 0 Å². The van der Waals surface area contributed by atoms with Crippen molar-refractivity contribution in [2.45, 2.75) is 25.8 Å². The minimum atomic E-state index is -0.869. The van der Waals surface area contributed by atoms with Gasteiger partial charge in [-0.15, -0.1) is 11.3 Å². The summed E-state index contributed by atoms with van der Waals surface area (Å²) >= 11 is 1.45. The molecule has 1 aromatic carbocycles. The summed E-state index contributed by atoms with van der Waals surface area (Å²) in [4.78, 5) is 29.4. The van der Waals surface area contributed by atoms with Gasteiger partial charge in [0.25, 0.3) is 5.56 Å². The summed E-state index contributed by atoms with van der Waals surface area (Å²) in [5.41, 5.74) is 1.72. The van der Waals surface area contributed by atoms with Gasteiger partial charge in [-0.3, -0.25) is 14.2 Å². The van der Waals surface area contributed by atoms with Crippen LogP contribution in [-0.4, -0.2) is 34.3 Å². The average molecular weight is 372 g/mol. The van der Waals surface area contributed by atoms with Crippen LogP contribution in [0.3, 0.4) is 0 Å². The number of carboxylic acids is 1. The van der Waals surface area contributed by atoms with E-state index in [2.05, 4.69) is 4.98 Å². The number of thiophene rings is 1. The van der Waals surface area contributed by atoms with Crippen LogP contribution in [-0.2, 0) is 22.5 Å². The van der Waals surface area contributed by atoms with Gasteiger partial charge in [0.2, 0.25) is 0 Å². The Morgan fingerprint density at radius 2 is 2.08 bits per heavy atom. The highest BCUT2D eigenvalue weighted by Crippen LogP contribution is 2.30. The van der Waals surface area contributed by atoms with Gasteiger partial charge >= 0.3 is 5.97 Å². The normalized spacial score (nSPS) is 11.1. The molecule has 0 bridgehead atoms. The maximum atomic E-state index is 13.2. The second kappa shape index (κ2) is 8.25. The van der Waals surface area contributed by atoms with Gasteiger partial charge in [0, 0.05) is 37.4 Å². The lowest BCUT2D eigenvalue weighted by atomic mass is 10.1. The minimum Gasteiger partial charge on any atom is -0.481 e. The summed E-state index contributed by atoms with van der Waals surface area (Å²) in [5, 5.41) is 11.4. The Morgan fingerprint density at radius 3 is 2.77 bits per heavy atom. The van der Waals surface area contributed by atoms with Gasteiger partial charge < -0.3 is 9.84 Å². The molecule has 0 radical (unpaired) electrons. The molecule has 1 N–H and O–H groups in total. The molecule has 0 spiro atoms. The number of ether oxygens (including phenoxy) is 1. The van der Waals surface area contributed by atoms with Gasteiger partial charge in [-0.2, -0.15) is 0 Å². The molecule has 0 aliphatic carbocycles. The van der Waals surface area contributed by atoms with E-state index in [0.717, 1.165) is 11.1 Å². The molecule has 0 atom stereocenters. The zero-order valence-corrected chi connectivity index (χ0v) is 15.3.